The fourth-order valence-electron chi connectivity index (χ4n) is 2.11. The molecule has 0 aromatic carbocycles. The Morgan fingerprint density at radius 3 is 2.17 bits per heavy atom. The maximum absolute atomic E-state index is 9.73. The predicted octanol–water partition coefficient (Wildman–Crippen LogP) is 1.41. The zero-order valence-corrected chi connectivity index (χ0v) is 8.20. The molecule has 0 bridgehead atoms. The van der Waals surface area contributed by atoms with E-state index in [1.165, 1.54) is 0 Å². The summed E-state index contributed by atoms with van der Waals surface area (Å²) < 4.78 is 0. The lowest BCUT2D eigenvalue weighted by molar-refractivity contribution is -0.0832. The molecule has 72 valence electrons. The van der Waals surface area contributed by atoms with Crippen LogP contribution in [0.15, 0.2) is 0 Å². The molecule has 1 saturated carbocycles. The zero-order valence-electron chi connectivity index (χ0n) is 8.20. The highest BCUT2D eigenvalue weighted by Gasteiger charge is 2.36. The third kappa shape index (κ3) is 1.80. The van der Waals surface area contributed by atoms with Crippen LogP contribution in [-0.2, 0) is 0 Å². The van der Waals surface area contributed by atoms with Gasteiger partial charge in [0.25, 0.3) is 0 Å². The lowest BCUT2D eigenvalue weighted by atomic mass is 9.74. The number of hydrogen-bond acceptors (Lipinski definition) is 2. The molecule has 1 aliphatic rings. The second-order valence-electron chi connectivity index (χ2n) is 4.44. The van der Waals surface area contributed by atoms with E-state index in [9.17, 15) is 10.2 Å². The molecular weight excluding hydrogens is 152 g/mol. The molecule has 12 heavy (non-hydrogen) atoms. The first-order valence-electron chi connectivity index (χ1n) is 4.90. The van der Waals surface area contributed by atoms with Crippen LogP contribution < -0.4 is 0 Å². The maximum Gasteiger partial charge on any atom is 0.0832 e. The zero-order chi connectivity index (χ0) is 9.30. The summed E-state index contributed by atoms with van der Waals surface area (Å²) in [6.45, 7) is 6.22. The van der Waals surface area contributed by atoms with Crippen LogP contribution in [0.25, 0.3) is 0 Å². The van der Waals surface area contributed by atoms with Gasteiger partial charge in [-0.05, 0) is 30.6 Å². The Balaban J connectivity index is 2.58. The summed E-state index contributed by atoms with van der Waals surface area (Å²) in [5, 5.41) is 19.3. The Morgan fingerprint density at radius 1 is 1.08 bits per heavy atom. The van der Waals surface area contributed by atoms with Crippen LogP contribution in [-0.4, -0.2) is 22.4 Å². The van der Waals surface area contributed by atoms with Crippen molar-refractivity contribution in [3.8, 4) is 0 Å². The maximum atomic E-state index is 9.73. The van der Waals surface area contributed by atoms with Crippen molar-refractivity contribution in [2.24, 2.45) is 17.8 Å². The average Bonchev–Trinajstić information content (AvgIpc) is 2.00. The molecule has 0 aromatic rings. The summed E-state index contributed by atoms with van der Waals surface area (Å²) in [5.74, 6) is 1.02. The van der Waals surface area contributed by atoms with Gasteiger partial charge < -0.3 is 10.2 Å². The minimum atomic E-state index is -0.508. The molecule has 0 aromatic heterocycles. The first-order valence-corrected chi connectivity index (χ1v) is 4.90. The fourth-order valence-corrected chi connectivity index (χ4v) is 2.11. The van der Waals surface area contributed by atoms with Gasteiger partial charge in [0.2, 0.25) is 0 Å². The van der Waals surface area contributed by atoms with Gasteiger partial charge in [-0.25, -0.2) is 0 Å². The van der Waals surface area contributed by atoms with Crippen LogP contribution in [0.1, 0.15) is 33.6 Å². The number of aliphatic hydroxyl groups excluding tert-OH is 2. The van der Waals surface area contributed by atoms with Crippen LogP contribution in [0.4, 0.5) is 0 Å². The van der Waals surface area contributed by atoms with Crippen LogP contribution in [0, 0.1) is 17.8 Å². The lowest BCUT2D eigenvalue weighted by Gasteiger charge is -2.38. The van der Waals surface area contributed by atoms with Crippen molar-refractivity contribution < 1.29 is 10.2 Å². The summed E-state index contributed by atoms with van der Waals surface area (Å²) in [4.78, 5) is 0. The molecule has 2 N–H and O–H groups in total. The van der Waals surface area contributed by atoms with Crippen molar-refractivity contribution in [1.82, 2.24) is 0 Å². The molecule has 1 rings (SSSR count). The molecule has 0 amide bonds. The molecule has 0 unspecified atom stereocenters. The van der Waals surface area contributed by atoms with Gasteiger partial charge >= 0.3 is 0 Å². The molecule has 0 radical (unpaired) electrons. The molecule has 1 fully saturated rings. The van der Waals surface area contributed by atoms with Crippen LogP contribution in [0.3, 0.4) is 0 Å². The molecule has 2 heteroatoms. The van der Waals surface area contributed by atoms with Crippen LogP contribution >= 0.6 is 0 Å². The molecule has 1 aliphatic carbocycles. The molecular formula is C10H20O2. The summed E-state index contributed by atoms with van der Waals surface area (Å²) in [6, 6.07) is 0. The topological polar surface area (TPSA) is 40.5 Å². The Labute approximate surface area is 74.6 Å². The molecule has 0 spiro atoms. The third-order valence-corrected chi connectivity index (χ3v) is 3.18. The fraction of sp³-hybridized carbons (Fsp3) is 1.00. The van der Waals surface area contributed by atoms with E-state index < -0.39 is 12.2 Å². The standard InChI is InChI=1S/C10H20O2/c1-6(2)8-5-4-7(3)9(11)10(8)12/h6-12H,4-5H2,1-3H3/t7-,8+,9-,10-/m0/s1. The summed E-state index contributed by atoms with van der Waals surface area (Å²) in [6.07, 6.45) is 1.08. The Morgan fingerprint density at radius 2 is 1.67 bits per heavy atom. The number of rotatable bonds is 1. The third-order valence-electron chi connectivity index (χ3n) is 3.18. The van der Waals surface area contributed by atoms with Crippen molar-refractivity contribution >= 4 is 0 Å². The highest BCUT2D eigenvalue weighted by atomic mass is 16.3. The Hall–Kier alpha value is -0.0800. The molecule has 0 saturated heterocycles. The summed E-state index contributed by atoms with van der Waals surface area (Å²) >= 11 is 0. The van der Waals surface area contributed by atoms with Gasteiger partial charge in [0.15, 0.2) is 0 Å². The molecule has 0 aliphatic heterocycles. The Kier molecular flexibility index (Phi) is 3.13. The van der Waals surface area contributed by atoms with E-state index in [4.69, 9.17) is 0 Å². The second-order valence-corrected chi connectivity index (χ2v) is 4.44. The van der Waals surface area contributed by atoms with E-state index in [2.05, 4.69) is 13.8 Å². The number of aliphatic hydroxyl groups is 2. The van der Waals surface area contributed by atoms with Gasteiger partial charge in [0, 0.05) is 0 Å². The van der Waals surface area contributed by atoms with Crippen molar-refractivity contribution in [2.45, 2.75) is 45.8 Å². The minimum absolute atomic E-state index is 0.259. The lowest BCUT2D eigenvalue weighted by Crippen LogP contribution is -2.44. The van der Waals surface area contributed by atoms with Crippen molar-refractivity contribution in [2.75, 3.05) is 0 Å². The number of hydrogen-bond donors (Lipinski definition) is 2. The normalized spacial score (nSPS) is 43.5. The van der Waals surface area contributed by atoms with Crippen LogP contribution in [0.2, 0.25) is 0 Å². The van der Waals surface area contributed by atoms with E-state index in [1.807, 2.05) is 6.92 Å². The van der Waals surface area contributed by atoms with E-state index in [1.54, 1.807) is 0 Å². The Bertz CT molecular complexity index is 145. The quantitative estimate of drug-likeness (QED) is 0.628. The smallest absolute Gasteiger partial charge is 0.0832 e. The monoisotopic (exact) mass is 172 g/mol. The first kappa shape index (κ1) is 10.0. The summed E-state index contributed by atoms with van der Waals surface area (Å²) in [7, 11) is 0. The minimum Gasteiger partial charge on any atom is -0.390 e. The van der Waals surface area contributed by atoms with Crippen LogP contribution in [0.5, 0.6) is 0 Å². The van der Waals surface area contributed by atoms with E-state index in [0.717, 1.165) is 12.8 Å². The van der Waals surface area contributed by atoms with Gasteiger partial charge in [0.05, 0.1) is 12.2 Å². The largest absolute Gasteiger partial charge is 0.390 e. The van der Waals surface area contributed by atoms with Crippen molar-refractivity contribution in [1.29, 1.82) is 0 Å². The van der Waals surface area contributed by atoms with E-state index in [0.29, 0.717) is 5.92 Å². The van der Waals surface area contributed by atoms with Gasteiger partial charge in [0.1, 0.15) is 0 Å². The molecule has 4 atom stereocenters. The van der Waals surface area contributed by atoms with Gasteiger partial charge in [-0.3, -0.25) is 0 Å². The van der Waals surface area contributed by atoms with Crippen molar-refractivity contribution in [3.05, 3.63) is 0 Å². The molecule has 0 heterocycles. The molecule has 2 nitrogen and oxygen atoms in total. The van der Waals surface area contributed by atoms with Gasteiger partial charge in [-0.15, -0.1) is 0 Å². The SMILES string of the molecule is CC(C)[C@H]1CC[C@H](C)[C@H](O)[C@H]1O. The van der Waals surface area contributed by atoms with Crippen molar-refractivity contribution in [3.63, 3.8) is 0 Å². The second kappa shape index (κ2) is 3.75. The summed E-state index contributed by atoms with van der Waals surface area (Å²) in [5.41, 5.74) is 0. The van der Waals surface area contributed by atoms with E-state index >= 15 is 0 Å². The first-order chi connectivity index (χ1) is 5.54. The van der Waals surface area contributed by atoms with Gasteiger partial charge in [-0.2, -0.15) is 0 Å². The highest BCUT2D eigenvalue weighted by molar-refractivity contribution is 4.86. The van der Waals surface area contributed by atoms with Gasteiger partial charge in [-0.1, -0.05) is 20.8 Å². The predicted molar refractivity (Wildman–Crippen MR) is 48.7 cm³/mol. The van der Waals surface area contributed by atoms with E-state index in [-0.39, 0.29) is 11.8 Å². The highest BCUT2D eigenvalue weighted by Crippen LogP contribution is 2.33. The average molecular weight is 172 g/mol.